The lowest BCUT2D eigenvalue weighted by atomic mass is 10.1. The molecule has 1 N–H and O–H groups in total. The Morgan fingerprint density at radius 2 is 1.70 bits per heavy atom. The molecule has 0 radical (unpaired) electrons. The molecule has 0 amide bonds. The Bertz CT molecular complexity index is 874. The first-order chi connectivity index (χ1) is 11.0. The van der Waals surface area contributed by atoms with Crippen LogP contribution in [0.25, 0.3) is 16.9 Å². The van der Waals surface area contributed by atoms with Crippen molar-refractivity contribution in [3.63, 3.8) is 0 Å². The third-order valence-electron chi connectivity index (χ3n) is 3.08. The number of nitrogens with zero attached hydrogens (tertiary/aromatic N) is 3. The predicted molar refractivity (Wildman–Crippen MR) is 78.7 cm³/mol. The van der Waals surface area contributed by atoms with Crippen LogP contribution in [0, 0.1) is 11.6 Å². The van der Waals surface area contributed by atoms with Crippen molar-refractivity contribution in [1.29, 1.82) is 0 Å². The zero-order chi connectivity index (χ0) is 16.6. The summed E-state index contributed by atoms with van der Waals surface area (Å²) in [5.41, 5.74) is 0.227. The lowest BCUT2D eigenvalue weighted by Gasteiger charge is -2.08. The lowest BCUT2D eigenvalue weighted by Crippen LogP contribution is -2.04. The van der Waals surface area contributed by atoms with Crippen molar-refractivity contribution in [3.05, 3.63) is 64.8 Å². The van der Waals surface area contributed by atoms with E-state index in [0.29, 0.717) is 16.7 Å². The van der Waals surface area contributed by atoms with Gasteiger partial charge in [-0.15, -0.1) is 5.10 Å². The third kappa shape index (κ3) is 2.91. The van der Waals surface area contributed by atoms with E-state index >= 15 is 0 Å². The van der Waals surface area contributed by atoms with Crippen LogP contribution >= 0.6 is 11.6 Å². The van der Waals surface area contributed by atoms with Crippen LogP contribution in [0.15, 0.2) is 42.5 Å². The molecule has 0 saturated heterocycles. The van der Waals surface area contributed by atoms with Gasteiger partial charge in [-0.3, -0.25) is 0 Å². The van der Waals surface area contributed by atoms with Crippen LogP contribution < -0.4 is 0 Å². The van der Waals surface area contributed by atoms with Gasteiger partial charge in [-0.1, -0.05) is 28.9 Å². The van der Waals surface area contributed by atoms with Gasteiger partial charge in [0.05, 0.1) is 5.69 Å². The smallest absolute Gasteiger partial charge is 0.358 e. The van der Waals surface area contributed by atoms with Crippen molar-refractivity contribution in [1.82, 2.24) is 15.0 Å². The topological polar surface area (TPSA) is 68.0 Å². The van der Waals surface area contributed by atoms with Crippen molar-refractivity contribution >= 4 is 17.6 Å². The standard InChI is InChI=1S/C15H8ClF2N3O2/c16-9-3-1-8(2-4-9)14-13(15(22)23)19-20-21(14)12-6-10(17)5-11(18)7-12/h1-7H,(H,22,23). The van der Waals surface area contributed by atoms with Crippen molar-refractivity contribution in [2.45, 2.75) is 0 Å². The average Bonchev–Trinajstić information content (AvgIpc) is 2.92. The summed E-state index contributed by atoms with van der Waals surface area (Å²) in [7, 11) is 0. The number of benzene rings is 2. The maximum Gasteiger partial charge on any atom is 0.358 e. The molecule has 0 bridgehead atoms. The molecule has 0 aliphatic heterocycles. The highest BCUT2D eigenvalue weighted by Crippen LogP contribution is 2.27. The van der Waals surface area contributed by atoms with Gasteiger partial charge in [0, 0.05) is 16.7 Å². The summed E-state index contributed by atoms with van der Waals surface area (Å²) < 4.78 is 27.9. The molecule has 0 unspecified atom stereocenters. The van der Waals surface area contributed by atoms with Gasteiger partial charge in [0.2, 0.25) is 0 Å². The third-order valence-corrected chi connectivity index (χ3v) is 3.33. The fourth-order valence-electron chi connectivity index (χ4n) is 2.13. The van der Waals surface area contributed by atoms with Gasteiger partial charge in [-0.2, -0.15) is 0 Å². The Kier molecular flexibility index (Phi) is 3.79. The Hall–Kier alpha value is -2.80. The Morgan fingerprint density at radius 1 is 1.09 bits per heavy atom. The second-order valence-corrected chi connectivity index (χ2v) is 5.07. The summed E-state index contributed by atoms with van der Waals surface area (Å²) >= 11 is 5.82. The zero-order valence-corrected chi connectivity index (χ0v) is 12.1. The molecular formula is C15H8ClF2N3O2. The largest absolute Gasteiger partial charge is 0.476 e. The highest BCUT2D eigenvalue weighted by Gasteiger charge is 2.22. The monoisotopic (exact) mass is 335 g/mol. The molecule has 0 fully saturated rings. The average molecular weight is 336 g/mol. The van der Waals surface area contributed by atoms with Crippen LogP contribution in [0.2, 0.25) is 5.02 Å². The first-order valence-corrected chi connectivity index (χ1v) is 6.75. The maximum absolute atomic E-state index is 13.4. The highest BCUT2D eigenvalue weighted by molar-refractivity contribution is 6.30. The SMILES string of the molecule is O=C(O)c1nnn(-c2cc(F)cc(F)c2)c1-c1ccc(Cl)cc1. The molecule has 0 atom stereocenters. The summed E-state index contributed by atoms with van der Waals surface area (Å²) in [6, 6.07) is 9.03. The number of carbonyl (C=O) groups is 1. The molecule has 2 aromatic carbocycles. The number of hydrogen-bond acceptors (Lipinski definition) is 3. The number of aromatic carboxylic acids is 1. The number of aromatic nitrogens is 3. The number of halogens is 3. The summed E-state index contributed by atoms with van der Waals surface area (Å²) in [4.78, 5) is 11.4. The quantitative estimate of drug-likeness (QED) is 0.794. The van der Waals surface area contributed by atoms with E-state index in [4.69, 9.17) is 11.6 Å². The second kappa shape index (κ2) is 5.77. The minimum absolute atomic E-state index is 0.0208. The van der Waals surface area contributed by atoms with Gasteiger partial charge in [0.25, 0.3) is 0 Å². The Labute approximate surface area is 133 Å². The van der Waals surface area contributed by atoms with Crippen molar-refractivity contribution in [2.75, 3.05) is 0 Å². The fourth-order valence-corrected chi connectivity index (χ4v) is 2.26. The molecule has 0 aliphatic carbocycles. The number of carboxylic acids is 1. The van der Waals surface area contributed by atoms with Gasteiger partial charge in [0.15, 0.2) is 5.69 Å². The van der Waals surface area contributed by atoms with E-state index in [0.717, 1.165) is 16.8 Å². The van der Waals surface area contributed by atoms with Crippen LogP contribution in [0.5, 0.6) is 0 Å². The van der Waals surface area contributed by atoms with Gasteiger partial charge in [-0.05, 0) is 24.3 Å². The van der Waals surface area contributed by atoms with Crippen LogP contribution in [0.4, 0.5) is 8.78 Å². The van der Waals surface area contributed by atoms with Crippen LogP contribution in [0.3, 0.4) is 0 Å². The molecule has 116 valence electrons. The Morgan fingerprint density at radius 3 is 2.26 bits per heavy atom. The molecule has 1 aromatic heterocycles. The van der Waals surface area contributed by atoms with Gasteiger partial charge < -0.3 is 5.11 Å². The zero-order valence-electron chi connectivity index (χ0n) is 11.4. The van der Waals surface area contributed by atoms with Crippen molar-refractivity contribution in [3.8, 4) is 16.9 Å². The second-order valence-electron chi connectivity index (χ2n) is 4.64. The molecule has 0 aliphatic rings. The predicted octanol–water partition coefficient (Wildman–Crippen LogP) is 3.56. The number of hydrogen-bond donors (Lipinski definition) is 1. The summed E-state index contributed by atoms with van der Waals surface area (Å²) in [6.07, 6.45) is 0. The summed E-state index contributed by atoms with van der Waals surface area (Å²) in [6.45, 7) is 0. The van der Waals surface area contributed by atoms with Crippen LogP contribution in [0.1, 0.15) is 10.5 Å². The number of carboxylic acid groups (broad SMARTS) is 1. The van der Waals surface area contributed by atoms with Crippen molar-refractivity contribution in [2.24, 2.45) is 0 Å². The molecule has 3 rings (SSSR count). The van der Waals surface area contributed by atoms with Gasteiger partial charge in [0.1, 0.15) is 17.3 Å². The number of rotatable bonds is 3. The van der Waals surface area contributed by atoms with Gasteiger partial charge in [-0.25, -0.2) is 18.3 Å². The molecule has 23 heavy (non-hydrogen) atoms. The highest BCUT2D eigenvalue weighted by atomic mass is 35.5. The molecule has 0 saturated carbocycles. The Balaban J connectivity index is 2.26. The molecular weight excluding hydrogens is 328 g/mol. The van der Waals surface area contributed by atoms with Crippen molar-refractivity contribution < 1.29 is 18.7 Å². The minimum atomic E-state index is -1.31. The van der Waals surface area contributed by atoms with Crippen LogP contribution in [-0.4, -0.2) is 26.1 Å². The van der Waals surface area contributed by atoms with E-state index in [1.54, 1.807) is 24.3 Å². The van der Waals surface area contributed by atoms with E-state index in [-0.39, 0.29) is 17.1 Å². The fraction of sp³-hybridized carbons (Fsp3) is 0. The molecule has 0 spiro atoms. The van der Waals surface area contributed by atoms with Gasteiger partial charge >= 0.3 is 5.97 Å². The van der Waals surface area contributed by atoms with Crippen LogP contribution in [-0.2, 0) is 0 Å². The minimum Gasteiger partial charge on any atom is -0.476 e. The molecule has 5 nitrogen and oxygen atoms in total. The molecule has 1 heterocycles. The summed E-state index contributed by atoms with van der Waals surface area (Å²) in [5.74, 6) is -2.93. The summed E-state index contributed by atoms with van der Waals surface area (Å²) in [5, 5.41) is 17.0. The maximum atomic E-state index is 13.4. The van der Waals surface area contributed by atoms with E-state index in [9.17, 15) is 18.7 Å². The first-order valence-electron chi connectivity index (χ1n) is 6.37. The molecule has 8 heteroatoms. The lowest BCUT2D eigenvalue weighted by molar-refractivity contribution is 0.0691. The first kappa shape index (κ1) is 15.1. The molecule has 3 aromatic rings. The van der Waals surface area contributed by atoms with E-state index in [1.165, 1.54) is 0 Å². The normalized spacial score (nSPS) is 10.7. The van der Waals surface area contributed by atoms with E-state index in [1.807, 2.05) is 0 Å². The van der Waals surface area contributed by atoms with E-state index in [2.05, 4.69) is 10.3 Å². The van der Waals surface area contributed by atoms with E-state index < -0.39 is 17.6 Å².